The Balaban J connectivity index is 3.04. The third-order valence-electron chi connectivity index (χ3n) is 1.70. The normalized spacial score (nSPS) is 9.83. The first-order valence-corrected chi connectivity index (χ1v) is 6.01. The van der Waals surface area contributed by atoms with Gasteiger partial charge in [0.25, 0.3) is 0 Å². The molecule has 0 aromatic heterocycles. The molecule has 1 aromatic carbocycles. The van der Waals surface area contributed by atoms with Crippen LogP contribution in [0, 0.1) is 0 Å². The van der Waals surface area contributed by atoms with E-state index in [0.717, 1.165) is 16.2 Å². The second-order valence-corrected chi connectivity index (χ2v) is 4.19. The fourth-order valence-electron chi connectivity index (χ4n) is 1.08. The molecule has 0 aliphatic heterocycles. The molecule has 0 atom stereocenters. The topological polar surface area (TPSA) is 0 Å². The summed E-state index contributed by atoms with van der Waals surface area (Å²) in [7, 11) is 1.33. The fourth-order valence-corrected chi connectivity index (χ4v) is 1.87. The highest BCUT2D eigenvalue weighted by Crippen LogP contribution is 2.20. The van der Waals surface area contributed by atoms with Crippen molar-refractivity contribution in [3.63, 3.8) is 0 Å². The largest absolute Gasteiger partial charge is 0.105 e. The standard InChI is InChI=1S/C9H10S3/c1-2-7-5-3-4-6-8(7)9(10)12-11/h3-6,11H,2H2,1H3. The van der Waals surface area contributed by atoms with Crippen LogP contribution in [0.3, 0.4) is 0 Å². The van der Waals surface area contributed by atoms with Crippen LogP contribution in [-0.4, -0.2) is 4.20 Å². The average Bonchev–Trinajstić information content (AvgIpc) is 2.16. The molecule has 3 heteroatoms. The lowest BCUT2D eigenvalue weighted by Crippen LogP contribution is -1.95. The third kappa shape index (κ3) is 2.25. The summed E-state index contributed by atoms with van der Waals surface area (Å²) in [5, 5.41) is 0. The summed E-state index contributed by atoms with van der Waals surface area (Å²) in [6.07, 6.45) is 1.02. The molecule has 0 spiro atoms. The molecular formula is C9H10S3. The Hall–Kier alpha value is 0.01000. The van der Waals surface area contributed by atoms with Gasteiger partial charge in [0.1, 0.15) is 0 Å². The molecule has 0 N–H and O–H groups in total. The van der Waals surface area contributed by atoms with Crippen molar-refractivity contribution in [2.45, 2.75) is 13.3 Å². The van der Waals surface area contributed by atoms with Gasteiger partial charge in [0, 0.05) is 5.56 Å². The van der Waals surface area contributed by atoms with Gasteiger partial charge in [0.15, 0.2) is 0 Å². The van der Waals surface area contributed by atoms with Crippen LogP contribution < -0.4 is 0 Å². The van der Waals surface area contributed by atoms with E-state index < -0.39 is 0 Å². The monoisotopic (exact) mass is 214 g/mol. The van der Waals surface area contributed by atoms with Gasteiger partial charge in [0.05, 0.1) is 4.20 Å². The second-order valence-electron chi connectivity index (χ2n) is 2.39. The first-order valence-electron chi connectivity index (χ1n) is 3.73. The number of aryl methyl sites for hydroxylation is 1. The van der Waals surface area contributed by atoms with Crippen LogP contribution >= 0.6 is 34.7 Å². The summed E-state index contributed by atoms with van der Waals surface area (Å²) in [6, 6.07) is 8.19. The lowest BCUT2D eigenvalue weighted by Gasteiger charge is -2.05. The molecule has 0 saturated carbocycles. The van der Waals surface area contributed by atoms with E-state index in [4.69, 9.17) is 12.2 Å². The Morgan fingerprint density at radius 2 is 2.17 bits per heavy atom. The van der Waals surface area contributed by atoms with E-state index in [1.807, 2.05) is 18.2 Å². The van der Waals surface area contributed by atoms with E-state index >= 15 is 0 Å². The molecule has 0 aliphatic carbocycles. The molecule has 0 amide bonds. The highest BCUT2D eigenvalue weighted by atomic mass is 33.1. The van der Waals surface area contributed by atoms with Crippen molar-refractivity contribution in [3.8, 4) is 0 Å². The minimum absolute atomic E-state index is 0.857. The maximum absolute atomic E-state index is 5.16. The van der Waals surface area contributed by atoms with E-state index in [-0.39, 0.29) is 0 Å². The molecule has 0 radical (unpaired) electrons. The lowest BCUT2D eigenvalue weighted by molar-refractivity contribution is 1.14. The molecule has 64 valence electrons. The fraction of sp³-hybridized carbons (Fsp3) is 0.222. The van der Waals surface area contributed by atoms with E-state index in [9.17, 15) is 0 Å². The highest BCUT2D eigenvalue weighted by molar-refractivity contribution is 8.76. The zero-order valence-electron chi connectivity index (χ0n) is 6.78. The maximum atomic E-state index is 5.16. The Kier molecular flexibility index (Phi) is 4.12. The first kappa shape index (κ1) is 10.1. The smallest absolute Gasteiger partial charge is 0.0885 e. The molecule has 0 unspecified atom stereocenters. The summed E-state index contributed by atoms with van der Waals surface area (Å²) in [5.41, 5.74) is 2.44. The minimum Gasteiger partial charge on any atom is -0.105 e. The van der Waals surface area contributed by atoms with Crippen LogP contribution in [0.25, 0.3) is 0 Å². The van der Waals surface area contributed by atoms with E-state index in [2.05, 4.69) is 24.7 Å². The zero-order chi connectivity index (χ0) is 8.97. The Morgan fingerprint density at radius 1 is 1.50 bits per heavy atom. The van der Waals surface area contributed by atoms with Gasteiger partial charge in [-0.1, -0.05) is 43.4 Å². The molecule has 1 rings (SSSR count). The molecule has 0 heterocycles. The summed E-state index contributed by atoms with van der Waals surface area (Å²) in [4.78, 5) is 0. The quantitative estimate of drug-likeness (QED) is 0.454. The van der Waals surface area contributed by atoms with E-state index in [1.54, 1.807) is 0 Å². The molecule has 0 fully saturated rings. The summed E-state index contributed by atoms with van der Waals surface area (Å²) < 4.78 is 0.857. The zero-order valence-corrected chi connectivity index (χ0v) is 9.31. The molecule has 0 saturated heterocycles. The van der Waals surface area contributed by atoms with Crippen molar-refractivity contribution >= 4 is 38.9 Å². The predicted molar refractivity (Wildman–Crippen MR) is 64.1 cm³/mol. The summed E-state index contributed by atoms with van der Waals surface area (Å²) in [6.45, 7) is 2.13. The Bertz CT molecular complexity index is 281. The molecule has 0 nitrogen and oxygen atoms in total. The van der Waals surface area contributed by atoms with Gasteiger partial charge in [-0.2, -0.15) is 0 Å². The lowest BCUT2D eigenvalue weighted by atomic mass is 10.1. The van der Waals surface area contributed by atoms with Gasteiger partial charge in [-0.3, -0.25) is 0 Å². The van der Waals surface area contributed by atoms with Crippen LogP contribution in [0.4, 0.5) is 0 Å². The number of hydrogen-bond donors (Lipinski definition) is 1. The Morgan fingerprint density at radius 3 is 2.75 bits per heavy atom. The number of thiocarbonyl (C=S) groups is 1. The van der Waals surface area contributed by atoms with Gasteiger partial charge < -0.3 is 0 Å². The first-order chi connectivity index (χ1) is 5.79. The van der Waals surface area contributed by atoms with Gasteiger partial charge >= 0.3 is 0 Å². The molecule has 1 aromatic rings. The maximum Gasteiger partial charge on any atom is 0.0885 e. The number of rotatable bonds is 2. The van der Waals surface area contributed by atoms with Crippen LogP contribution in [0.1, 0.15) is 18.1 Å². The van der Waals surface area contributed by atoms with Crippen LogP contribution in [0.2, 0.25) is 0 Å². The van der Waals surface area contributed by atoms with E-state index in [1.165, 1.54) is 16.4 Å². The molecule has 0 bridgehead atoms. The molecular weight excluding hydrogens is 204 g/mol. The van der Waals surface area contributed by atoms with Crippen LogP contribution in [0.15, 0.2) is 24.3 Å². The van der Waals surface area contributed by atoms with Crippen molar-refractivity contribution < 1.29 is 0 Å². The van der Waals surface area contributed by atoms with Crippen molar-refractivity contribution in [2.75, 3.05) is 0 Å². The van der Waals surface area contributed by atoms with Crippen LogP contribution in [0.5, 0.6) is 0 Å². The van der Waals surface area contributed by atoms with Gasteiger partial charge in [0.2, 0.25) is 0 Å². The highest BCUT2D eigenvalue weighted by Gasteiger charge is 2.03. The third-order valence-corrected chi connectivity index (χ3v) is 3.48. The number of hydrogen-bond acceptors (Lipinski definition) is 3. The van der Waals surface area contributed by atoms with Crippen molar-refractivity contribution in [1.29, 1.82) is 0 Å². The predicted octanol–water partition coefficient (Wildman–Crippen LogP) is 3.50. The molecule has 0 aliphatic rings. The molecule has 12 heavy (non-hydrogen) atoms. The SMILES string of the molecule is CCc1ccccc1C(=S)SS. The Labute approximate surface area is 87.6 Å². The average molecular weight is 214 g/mol. The van der Waals surface area contributed by atoms with Gasteiger partial charge in [-0.15, -0.1) is 11.7 Å². The van der Waals surface area contributed by atoms with Crippen molar-refractivity contribution in [2.24, 2.45) is 0 Å². The number of thiol groups is 1. The summed E-state index contributed by atoms with van der Waals surface area (Å²) >= 11 is 9.25. The number of benzene rings is 1. The van der Waals surface area contributed by atoms with Gasteiger partial charge in [-0.05, 0) is 22.8 Å². The second kappa shape index (κ2) is 4.90. The minimum atomic E-state index is 0.857. The van der Waals surface area contributed by atoms with Gasteiger partial charge in [-0.25, -0.2) is 0 Å². The van der Waals surface area contributed by atoms with E-state index in [0.29, 0.717) is 0 Å². The van der Waals surface area contributed by atoms with Crippen LogP contribution in [-0.2, 0) is 6.42 Å². The van der Waals surface area contributed by atoms with Crippen molar-refractivity contribution in [1.82, 2.24) is 0 Å². The van der Waals surface area contributed by atoms with Crippen molar-refractivity contribution in [3.05, 3.63) is 35.4 Å². The summed E-state index contributed by atoms with van der Waals surface area (Å²) in [5.74, 6) is 0.